The van der Waals surface area contributed by atoms with Crippen LogP contribution in [0.1, 0.15) is 28.8 Å². The first-order valence-electron chi connectivity index (χ1n) is 6.17. The third-order valence-electron chi connectivity index (χ3n) is 3.15. The van der Waals surface area contributed by atoms with Crippen molar-refractivity contribution in [1.29, 1.82) is 0 Å². The van der Waals surface area contributed by atoms with E-state index in [1.54, 1.807) is 0 Å². The Labute approximate surface area is 113 Å². The lowest BCUT2D eigenvalue weighted by atomic mass is 10.0. The van der Waals surface area contributed by atoms with Crippen LogP contribution in [0.15, 0.2) is 18.2 Å². The number of hydrogen-bond acceptors (Lipinski definition) is 3. The third kappa shape index (κ3) is 3.41. The lowest BCUT2D eigenvalue weighted by Gasteiger charge is -2.24. The Bertz CT molecular complexity index is 496. The molecule has 0 bridgehead atoms. The van der Waals surface area contributed by atoms with Crippen LogP contribution in [0, 0.1) is 0 Å². The number of benzene rings is 1. The molecule has 0 radical (unpaired) electrons. The zero-order chi connectivity index (χ0) is 14.8. The molecule has 2 rings (SSSR count). The van der Waals surface area contributed by atoms with Gasteiger partial charge < -0.3 is 15.2 Å². The van der Waals surface area contributed by atoms with Crippen molar-refractivity contribution < 1.29 is 27.8 Å². The number of nitrogens with one attached hydrogen (secondary N) is 1. The second-order valence-electron chi connectivity index (χ2n) is 4.59. The average Bonchev–Trinajstić information content (AvgIpc) is 2.38. The van der Waals surface area contributed by atoms with Gasteiger partial charge in [0.05, 0.1) is 11.1 Å². The van der Waals surface area contributed by atoms with Crippen molar-refractivity contribution in [2.24, 2.45) is 0 Å². The van der Waals surface area contributed by atoms with Gasteiger partial charge in [0.25, 0.3) is 0 Å². The normalized spacial score (nSPS) is 16.9. The first-order chi connectivity index (χ1) is 9.38. The van der Waals surface area contributed by atoms with Gasteiger partial charge in [0, 0.05) is 24.9 Å². The first kappa shape index (κ1) is 14.6. The van der Waals surface area contributed by atoms with Crippen molar-refractivity contribution in [3.8, 4) is 0 Å². The number of carbonyl (C=O) groups is 1. The van der Waals surface area contributed by atoms with Crippen molar-refractivity contribution in [3.05, 3.63) is 29.3 Å². The molecule has 0 amide bonds. The highest BCUT2D eigenvalue weighted by Gasteiger charge is 2.35. The summed E-state index contributed by atoms with van der Waals surface area (Å²) >= 11 is 0. The fourth-order valence-electron chi connectivity index (χ4n) is 2.13. The predicted molar refractivity (Wildman–Crippen MR) is 65.9 cm³/mol. The number of anilines is 1. The van der Waals surface area contributed by atoms with E-state index in [4.69, 9.17) is 9.84 Å². The van der Waals surface area contributed by atoms with Crippen LogP contribution in [0.5, 0.6) is 0 Å². The molecule has 1 fully saturated rings. The maximum Gasteiger partial charge on any atom is 0.417 e. The van der Waals surface area contributed by atoms with Crippen molar-refractivity contribution in [1.82, 2.24) is 0 Å². The molecule has 0 saturated carbocycles. The third-order valence-corrected chi connectivity index (χ3v) is 3.15. The van der Waals surface area contributed by atoms with Crippen molar-refractivity contribution in [3.63, 3.8) is 0 Å². The molecule has 110 valence electrons. The highest BCUT2D eigenvalue weighted by Crippen LogP contribution is 2.34. The zero-order valence-corrected chi connectivity index (χ0v) is 10.5. The van der Waals surface area contributed by atoms with Crippen molar-refractivity contribution >= 4 is 11.7 Å². The average molecular weight is 289 g/mol. The van der Waals surface area contributed by atoms with Crippen LogP contribution in [0.3, 0.4) is 0 Å². The van der Waals surface area contributed by atoms with Gasteiger partial charge in [-0.2, -0.15) is 13.2 Å². The second kappa shape index (κ2) is 5.70. The molecule has 1 aromatic rings. The standard InChI is InChI=1S/C13H14F3NO3/c14-13(15,16)11-7-9(1-2-10(11)12(18)19)17-8-3-5-20-6-4-8/h1-2,7-8,17H,3-6H2,(H,18,19). The smallest absolute Gasteiger partial charge is 0.417 e. The van der Waals surface area contributed by atoms with E-state index in [9.17, 15) is 18.0 Å². The molecule has 0 spiro atoms. The fraction of sp³-hybridized carbons (Fsp3) is 0.462. The molecule has 1 aliphatic heterocycles. The Morgan fingerprint density at radius 2 is 1.95 bits per heavy atom. The molecular weight excluding hydrogens is 275 g/mol. The highest BCUT2D eigenvalue weighted by atomic mass is 19.4. The van der Waals surface area contributed by atoms with Crippen LogP contribution in [-0.4, -0.2) is 30.3 Å². The number of carboxylic acids is 1. The molecule has 0 atom stereocenters. The molecule has 1 heterocycles. The summed E-state index contributed by atoms with van der Waals surface area (Å²) in [6, 6.07) is 3.22. The second-order valence-corrected chi connectivity index (χ2v) is 4.59. The van der Waals surface area contributed by atoms with Gasteiger partial charge >= 0.3 is 12.1 Å². The van der Waals surface area contributed by atoms with E-state index in [0.29, 0.717) is 26.1 Å². The summed E-state index contributed by atoms with van der Waals surface area (Å²) < 4.78 is 43.7. The fourth-order valence-corrected chi connectivity index (χ4v) is 2.13. The molecule has 1 aromatic carbocycles. The lowest BCUT2D eigenvalue weighted by molar-refractivity contribution is -0.138. The number of ether oxygens (including phenoxy) is 1. The predicted octanol–water partition coefficient (Wildman–Crippen LogP) is 2.99. The monoisotopic (exact) mass is 289 g/mol. The topological polar surface area (TPSA) is 58.6 Å². The van der Waals surface area contributed by atoms with Gasteiger partial charge in [-0.1, -0.05) is 0 Å². The minimum Gasteiger partial charge on any atom is -0.478 e. The maximum atomic E-state index is 12.9. The molecular formula is C13H14F3NO3. The van der Waals surface area contributed by atoms with Gasteiger partial charge in [-0.05, 0) is 31.0 Å². The molecule has 2 N–H and O–H groups in total. The Kier molecular flexibility index (Phi) is 4.17. The molecule has 0 aromatic heterocycles. The minimum absolute atomic E-state index is 0.0421. The summed E-state index contributed by atoms with van der Waals surface area (Å²) in [5.74, 6) is -1.59. The quantitative estimate of drug-likeness (QED) is 0.898. The summed E-state index contributed by atoms with van der Waals surface area (Å²) in [6.45, 7) is 1.13. The van der Waals surface area contributed by atoms with E-state index in [1.165, 1.54) is 6.07 Å². The maximum absolute atomic E-state index is 12.9. The molecule has 20 heavy (non-hydrogen) atoms. The van der Waals surface area contributed by atoms with Crippen molar-refractivity contribution in [2.45, 2.75) is 25.1 Å². The van der Waals surface area contributed by atoms with Crippen LogP contribution < -0.4 is 5.32 Å². The van der Waals surface area contributed by atoms with Crippen LogP contribution in [-0.2, 0) is 10.9 Å². The summed E-state index contributed by atoms with van der Waals surface area (Å²) in [7, 11) is 0. The Balaban J connectivity index is 2.25. The number of aromatic carboxylic acids is 1. The summed E-state index contributed by atoms with van der Waals surface area (Å²) in [4.78, 5) is 10.8. The van der Waals surface area contributed by atoms with E-state index in [2.05, 4.69) is 5.32 Å². The van der Waals surface area contributed by atoms with Crippen LogP contribution in [0.25, 0.3) is 0 Å². The summed E-state index contributed by atoms with van der Waals surface area (Å²) in [6.07, 6.45) is -3.27. The lowest BCUT2D eigenvalue weighted by Crippen LogP contribution is -2.28. The number of hydrogen-bond donors (Lipinski definition) is 2. The van der Waals surface area contributed by atoms with Gasteiger partial charge in [0.2, 0.25) is 0 Å². The molecule has 1 aliphatic rings. The summed E-state index contributed by atoms with van der Waals surface area (Å²) in [5.41, 5.74) is -1.61. The molecule has 1 saturated heterocycles. The van der Waals surface area contributed by atoms with E-state index in [1.807, 2.05) is 0 Å². The van der Waals surface area contributed by atoms with Crippen molar-refractivity contribution in [2.75, 3.05) is 18.5 Å². The zero-order valence-electron chi connectivity index (χ0n) is 10.5. The SMILES string of the molecule is O=C(O)c1ccc(NC2CCOCC2)cc1C(F)(F)F. The van der Waals surface area contributed by atoms with Crippen LogP contribution >= 0.6 is 0 Å². The van der Waals surface area contributed by atoms with Crippen LogP contribution in [0.2, 0.25) is 0 Å². The Hall–Kier alpha value is -1.76. The van der Waals surface area contributed by atoms with E-state index >= 15 is 0 Å². The van der Waals surface area contributed by atoms with Gasteiger partial charge in [-0.3, -0.25) is 0 Å². The minimum atomic E-state index is -4.69. The number of rotatable bonds is 3. The number of alkyl halides is 3. The number of halogens is 3. The van der Waals surface area contributed by atoms with Gasteiger partial charge in [-0.15, -0.1) is 0 Å². The molecule has 7 heteroatoms. The molecule has 0 aliphatic carbocycles. The van der Waals surface area contributed by atoms with E-state index < -0.39 is 23.3 Å². The summed E-state index contributed by atoms with van der Waals surface area (Å²) in [5, 5.41) is 11.8. The first-order valence-corrected chi connectivity index (χ1v) is 6.17. The molecule has 4 nitrogen and oxygen atoms in total. The van der Waals surface area contributed by atoms with E-state index in [0.717, 1.165) is 12.1 Å². The molecule has 0 unspecified atom stereocenters. The highest BCUT2D eigenvalue weighted by molar-refractivity contribution is 5.90. The van der Waals surface area contributed by atoms with Gasteiger partial charge in [0.15, 0.2) is 0 Å². The van der Waals surface area contributed by atoms with Gasteiger partial charge in [-0.25, -0.2) is 4.79 Å². The Morgan fingerprint density at radius 1 is 1.30 bits per heavy atom. The number of carboxylic acid groups (broad SMARTS) is 1. The Morgan fingerprint density at radius 3 is 2.50 bits per heavy atom. The largest absolute Gasteiger partial charge is 0.478 e. The van der Waals surface area contributed by atoms with E-state index in [-0.39, 0.29) is 11.7 Å². The van der Waals surface area contributed by atoms with Crippen LogP contribution in [0.4, 0.5) is 18.9 Å². The van der Waals surface area contributed by atoms with Gasteiger partial charge in [0.1, 0.15) is 0 Å².